The molecule has 0 aliphatic carbocycles. The van der Waals surface area contributed by atoms with Crippen molar-refractivity contribution >= 4 is 12.0 Å². The summed E-state index contributed by atoms with van der Waals surface area (Å²) in [5, 5.41) is 2.19. The van der Waals surface area contributed by atoms with Gasteiger partial charge in [-0.05, 0) is 7.05 Å². The van der Waals surface area contributed by atoms with Crippen LogP contribution in [-0.2, 0) is 4.18 Å². The zero-order chi connectivity index (χ0) is 4.62. The maximum Gasteiger partial charge on any atom is 0.260 e. The average molecular weight is 106 g/mol. The number of hydrogen-bond acceptors (Lipinski definition) is 4. The molecule has 0 aromatic rings. The third-order valence-corrected chi connectivity index (χ3v) is 1.34. The highest BCUT2D eigenvalue weighted by atomic mass is 32.2. The molecule has 36 valence electrons. The van der Waals surface area contributed by atoms with Crippen LogP contribution in [0, 0.1) is 0 Å². The Labute approximate surface area is 40.4 Å². The lowest BCUT2D eigenvalue weighted by Gasteiger charge is -1.93. The van der Waals surface area contributed by atoms with Crippen LogP contribution in [0.3, 0.4) is 0 Å². The highest BCUT2D eigenvalue weighted by molar-refractivity contribution is 8.01. The third kappa shape index (κ3) is 0.652. The molecular formula is C2H6N2OS. The van der Waals surface area contributed by atoms with Crippen LogP contribution in [-0.4, -0.2) is 12.2 Å². The average Bonchev–Trinajstić information content (AvgIpc) is 2.22. The van der Waals surface area contributed by atoms with Crippen molar-refractivity contribution in [2.45, 2.75) is 5.18 Å². The molecule has 1 rings (SSSR count). The zero-order valence-electron chi connectivity index (χ0n) is 3.39. The molecule has 1 unspecified atom stereocenters. The monoisotopic (exact) mass is 106 g/mol. The van der Waals surface area contributed by atoms with E-state index in [1.54, 1.807) is 7.05 Å². The Balaban J connectivity index is 2.28. The molecule has 3 N–H and O–H groups in total. The van der Waals surface area contributed by atoms with E-state index in [1.165, 1.54) is 12.0 Å². The third-order valence-electron chi connectivity index (χ3n) is 0.611. The second-order valence-corrected chi connectivity index (χ2v) is 2.02. The summed E-state index contributed by atoms with van der Waals surface area (Å²) in [6.45, 7) is 0. The van der Waals surface area contributed by atoms with E-state index in [-0.39, 0.29) is 0 Å². The molecular weight excluding hydrogens is 100 g/mol. The zero-order valence-corrected chi connectivity index (χ0v) is 4.21. The number of rotatable bonds is 1. The highest BCUT2D eigenvalue weighted by Gasteiger charge is 2.41. The van der Waals surface area contributed by atoms with Crippen molar-refractivity contribution in [3.63, 3.8) is 0 Å². The first-order valence-corrected chi connectivity index (χ1v) is 2.36. The predicted molar refractivity (Wildman–Crippen MR) is 24.7 cm³/mol. The second-order valence-electron chi connectivity index (χ2n) is 1.08. The fourth-order valence-corrected chi connectivity index (χ4v) is 0.385. The summed E-state index contributed by atoms with van der Waals surface area (Å²) in [5.74, 6) is 0. The summed E-state index contributed by atoms with van der Waals surface area (Å²) in [6.07, 6.45) is 0. The van der Waals surface area contributed by atoms with Gasteiger partial charge in [-0.1, -0.05) is 0 Å². The molecule has 1 atom stereocenters. The molecule has 0 saturated carbocycles. The quantitative estimate of drug-likeness (QED) is 0.267. The van der Waals surface area contributed by atoms with Gasteiger partial charge in [-0.15, -0.1) is 0 Å². The van der Waals surface area contributed by atoms with Gasteiger partial charge in [0.05, 0.1) is 12.0 Å². The minimum atomic E-state index is -0.542. The summed E-state index contributed by atoms with van der Waals surface area (Å²) < 4.78 is 4.63. The fourth-order valence-electron chi connectivity index (χ4n) is 0.128. The molecule has 0 radical (unpaired) electrons. The molecule has 6 heavy (non-hydrogen) atoms. The first-order valence-electron chi connectivity index (χ1n) is 1.61. The van der Waals surface area contributed by atoms with Crippen LogP contribution in [0.1, 0.15) is 0 Å². The normalized spacial score (nSPS) is 43.0. The van der Waals surface area contributed by atoms with E-state index in [0.29, 0.717) is 0 Å². The van der Waals surface area contributed by atoms with Gasteiger partial charge in [0, 0.05) is 0 Å². The van der Waals surface area contributed by atoms with Crippen LogP contribution in [0.4, 0.5) is 0 Å². The van der Waals surface area contributed by atoms with Gasteiger partial charge in [0.2, 0.25) is 0 Å². The van der Waals surface area contributed by atoms with Crippen LogP contribution >= 0.6 is 12.0 Å². The van der Waals surface area contributed by atoms with Gasteiger partial charge >= 0.3 is 0 Å². The predicted octanol–water partition coefficient (Wildman–Crippen LogP) is -0.546. The van der Waals surface area contributed by atoms with Gasteiger partial charge in [0.25, 0.3) is 5.18 Å². The van der Waals surface area contributed by atoms with Crippen LogP contribution in [0.2, 0.25) is 0 Å². The first kappa shape index (κ1) is 4.39. The molecule has 0 spiro atoms. The Morgan fingerprint density at radius 3 is 2.50 bits per heavy atom. The molecule has 0 bridgehead atoms. The molecule has 1 aliphatic heterocycles. The molecule has 0 amide bonds. The molecule has 0 aromatic heterocycles. The molecule has 0 aromatic carbocycles. The lowest BCUT2D eigenvalue weighted by Crippen LogP contribution is -2.36. The minimum absolute atomic E-state index is 0.542. The number of hydrogen-bond donors (Lipinski definition) is 2. The van der Waals surface area contributed by atoms with E-state index in [2.05, 4.69) is 9.50 Å². The van der Waals surface area contributed by atoms with E-state index >= 15 is 0 Å². The Morgan fingerprint density at radius 1 is 2.00 bits per heavy atom. The summed E-state index contributed by atoms with van der Waals surface area (Å²) >= 11 is 1.24. The summed E-state index contributed by atoms with van der Waals surface area (Å²) in [7, 11) is 1.75. The molecule has 1 fully saturated rings. The SMILES string of the molecule is CNC1(N)OS1. The van der Waals surface area contributed by atoms with Crippen molar-refractivity contribution in [1.82, 2.24) is 5.32 Å². The van der Waals surface area contributed by atoms with E-state index < -0.39 is 5.18 Å². The fraction of sp³-hybridized carbons (Fsp3) is 1.00. The van der Waals surface area contributed by atoms with E-state index in [0.717, 1.165) is 0 Å². The van der Waals surface area contributed by atoms with Gasteiger partial charge in [-0.3, -0.25) is 15.2 Å². The van der Waals surface area contributed by atoms with Crippen molar-refractivity contribution in [1.29, 1.82) is 0 Å². The standard InChI is InChI=1S/C2H6N2OS/c1-4-2(3)5-6-2/h4H,3H2,1H3. The number of nitrogens with one attached hydrogen (secondary N) is 1. The van der Waals surface area contributed by atoms with E-state index in [1.807, 2.05) is 0 Å². The van der Waals surface area contributed by atoms with Crippen LogP contribution in [0.25, 0.3) is 0 Å². The smallest absolute Gasteiger partial charge is 0.260 e. The van der Waals surface area contributed by atoms with Crippen LogP contribution < -0.4 is 11.1 Å². The van der Waals surface area contributed by atoms with Gasteiger partial charge < -0.3 is 0 Å². The summed E-state index contributed by atoms with van der Waals surface area (Å²) in [4.78, 5) is 0. The largest absolute Gasteiger partial charge is 0.279 e. The van der Waals surface area contributed by atoms with Crippen molar-refractivity contribution in [3.8, 4) is 0 Å². The van der Waals surface area contributed by atoms with Gasteiger partial charge in [-0.25, -0.2) is 0 Å². The summed E-state index contributed by atoms with van der Waals surface area (Å²) in [6, 6.07) is 0. The maximum atomic E-state index is 5.28. The van der Waals surface area contributed by atoms with E-state index in [4.69, 9.17) is 5.73 Å². The maximum absolute atomic E-state index is 5.28. The van der Waals surface area contributed by atoms with Crippen molar-refractivity contribution in [3.05, 3.63) is 0 Å². The van der Waals surface area contributed by atoms with Crippen LogP contribution in [0.15, 0.2) is 0 Å². The van der Waals surface area contributed by atoms with Gasteiger partial charge in [-0.2, -0.15) is 0 Å². The molecule has 1 heterocycles. The Morgan fingerprint density at radius 2 is 2.50 bits per heavy atom. The van der Waals surface area contributed by atoms with Gasteiger partial charge in [0.15, 0.2) is 0 Å². The lowest BCUT2D eigenvalue weighted by molar-refractivity contribution is 0.287. The topological polar surface area (TPSA) is 50.6 Å². The molecule has 4 heteroatoms. The van der Waals surface area contributed by atoms with Crippen LogP contribution in [0.5, 0.6) is 0 Å². The Kier molecular flexibility index (Phi) is 0.804. The first-order chi connectivity index (χ1) is 2.77. The molecule has 1 saturated heterocycles. The van der Waals surface area contributed by atoms with Crippen molar-refractivity contribution in [2.24, 2.45) is 5.73 Å². The Bertz CT molecular complexity index is 62.6. The molecule has 3 nitrogen and oxygen atoms in total. The van der Waals surface area contributed by atoms with E-state index in [9.17, 15) is 0 Å². The Hall–Kier alpha value is 0.230. The van der Waals surface area contributed by atoms with Crippen molar-refractivity contribution in [2.75, 3.05) is 7.05 Å². The van der Waals surface area contributed by atoms with Crippen molar-refractivity contribution < 1.29 is 4.18 Å². The lowest BCUT2D eigenvalue weighted by atomic mass is 11.0. The minimum Gasteiger partial charge on any atom is -0.279 e. The number of nitrogens with two attached hydrogens (primary N) is 1. The van der Waals surface area contributed by atoms with Gasteiger partial charge in [0.1, 0.15) is 0 Å². The highest BCUT2D eigenvalue weighted by Crippen LogP contribution is 2.38. The summed E-state index contributed by atoms with van der Waals surface area (Å²) in [5.41, 5.74) is 5.28. The second kappa shape index (κ2) is 1.10. The molecule has 1 aliphatic rings.